The highest BCUT2D eigenvalue weighted by Gasteiger charge is 2.10. The molecule has 1 aliphatic heterocycles. The van der Waals surface area contributed by atoms with Gasteiger partial charge >= 0.3 is 0 Å². The number of hydrogen-bond acceptors (Lipinski definition) is 3. The van der Waals surface area contributed by atoms with E-state index in [0.29, 0.717) is 0 Å². The SMILES string of the molecule is COc1cccc(N2CCNCC2)c1.[Cl-].[Cl-]. The molecule has 0 unspecified atom stereocenters. The minimum absolute atomic E-state index is 0. The first-order chi connectivity index (χ1) is 6.90. The van der Waals surface area contributed by atoms with Gasteiger partial charge in [-0.2, -0.15) is 0 Å². The van der Waals surface area contributed by atoms with E-state index in [1.165, 1.54) is 5.69 Å². The highest BCUT2D eigenvalue weighted by atomic mass is 35.5. The molecule has 0 bridgehead atoms. The van der Waals surface area contributed by atoms with Crippen LogP contribution in [0.1, 0.15) is 0 Å². The topological polar surface area (TPSA) is 24.5 Å². The lowest BCUT2D eigenvalue weighted by Gasteiger charge is -2.29. The van der Waals surface area contributed by atoms with Crippen LogP contribution in [-0.4, -0.2) is 33.3 Å². The van der Waals surface area contributed by atoms with Gasteiger partial charge in [-0.05, 0) is 12.1 Å². The van der Waals surface area contributed by atoms with Gasteiger partial charge < -0.3 is 39.8 Å². The van der Waals surface area contributed by atoms with Crippen LogP contribution in [0.15, 0.2) is 24.3 Å². The smallest absolute Gasteiger partial charge is 0.120 e. The predicted molar refractivity (Wildman–Crippen MR) is 58.1 cm³/mol. The molecule has 16 heavy (non-hydrogen) atoms. The molecule has 1 aliphatic rings. The van der Waals surface area contributed by atoms with Crippen molar-refractivity contribution in [2.24, 2.45) is 0 Å². The standard InChI is InChI=1S/C11H16N2O.2ClH/c1-14-11-4-2-3-10(9-11)13-7-5-12-6-8-13;;/h2-4,9,12H,5-8H2,1H3;2*1H/p-2. The Bertz CT molecular complexity index is 304. The number of nitrogens with one attached hydrogen (secondary N) is 1. The number of anilines is 1. The molecule has 1 aromatic rings. The molecule has 0 spiro atoms. The lowest BCUT2D eigenvalue weighted by atomic mass is 10.2. The fraction of sp³-hybridized carbons (Fsp3) is 0.455. The number of piperazine rings is 1. The number of benzene rings is 1. The zero-order valence-corrected chi connectivity index (χ0v) is 10.8. The monoisotopic (exact) mass is 262 g/mol. The molecular formula is C11H16Cl2N2O-2. The van der Waals surface area contributed by atoms with Gasteiger partial charge in [0, 0.05) is 37.9 Å². The third kappa shape index (κ3) is 3.74. The van der Waals surface area contributed by atoms with Crippen LogP contribution < -0.4 is 39.8 Å². The molecule has 1 saturated heterocycles. The highest BCUT2D eigenvalue weighted by Crippen LogP contribution is 2.20. The molecule has 1 aromatic carbocycles. The Kier molecular flexibility index (Phi) is 7.30. The first-order valence-corrected chi connectivity index (χ1v) is 5.00. The summed E-state index contributed by atoms with van der Waals surface area (Å²) in [5.74, 6) is 0.932. The maximum Gasteiger partial charge on any atom is 0.120 e. The number of methoxy groups -OCH3 is 1. The zero-order valence-electron chi connectivity index (χ0n) is 9.25. The molecule has 3 nitrogen and oxygen atoms in total. The van der Waals surface area contributed by atoms with E-state index in [2.05, 4.69) is 22.3 Å². The largest absolute Gasteiger partial charge is 1.00 e. The summed E-state index contributed by atoms with van der Waals surface area (Å²) in [5, 5.41) is 3.34. The van der Waals surface area contributed by atoms with Gasteiger partial charge in [-0.3, -0.25) is 0 Å². The molecule has 0 saturated carbocycles. The van der Waals surface area contributed by atoms with Crippen LogP contribution in [0.2, 0.25) is 0 Å². The molecule has 0 amide bonds. The molecule has 1 N–H and O–H groups in total. The van der Waals surface area contributed by atoms with Crippen molar-refractivity contribution in [3.63, 3.8) is 0 Å². The van der Waals surface area contributed by atoms with E-state index >= 15 is 0 Å². The van der Waals surface area contributed by atoms with Crippen LogP contribution in [0.5, 0.6) is 5.75 Å². The molecule has 2 rings (SSSR count). The van der Waals surface area contributed by atoms with Crippen LogP contribution in [0.3, 0.4) is 0 Å². The Morgan fingerprint density at radius 3 is 2.50 bits per heavy atom. The quantitative estimate of drug-likeness (QED) is 0.579. The molecule has 0 aliphatic carbocycles. The van der Waals surface area contributed by atoms with Gasteiger partial charge in [-0.1, -0.05) is 6.07 Å². The average molecular weight is 263 g/mol. The normalized spacial score (nSPS) is 14.7. The summed E-state index contributed by atoms with van der Waals surface area (Å²) < 4.78 is 5.20. The van der Waals surface area contributed by atoms with Crippen LogP contribution in [0.25, 0.3) is 0 Å². The van der Waals surface area contributed by atoms with E-state index in [4.69, 9.17) is 4.74 Å². The fourth-order valence-electron chi connectivity index (χ4n) is 1.73. The summed E-state index contributed by atoms with van der Waals surface area (Å²) in [6.45, 7) is 4.29. The van der Waals surface area contributed by atoms with Crippen LogP contribution >= 0.6 is 0 Å². The lowest BCUT2D eigenvalue weighted by molar-refractivity contribution is -0.001000. The Labute approximate surface area is 109 Å². The molecule has 1 fully saturated rings. The number of halogens is 2. The van der Waals surface area contributed by atoms with Crippen LogP contribution in [0.4, 0.5) is 5.69 Å². The number of rotatable bonds is 2. The van der Waals surface area contributed by atoms with Gasteiger partial charge in [0.2, 0.25) is 0 Å². The van der Waals surface area contributed by atoms with Crippen molar-refractivity contribution in [1.29, 1.82) is 0 Å². The van der Waals surface area contributed by atoms with Gasteiger partial charge in [0.25, 0.3) is 0 Å². The van der Waals surface area contributed by atoms with Crippen molar-refractivity contribution in [3.8, 4) is 5.75 Å². The van der Waals surface area contributed by atoms with Gasteiger partial charge in [-0.15, -0.1) is 0 Å². The summed E-state index contributed by atoms with van der Waals surface area (Å²) >= 11 is 0. The van der Waals surface area contributed by atoms with E-state index < -0.39 is 0 Å². The number of hydrogen-bond donors (Lipinski definition) is 1. The lowest BCUT2D eigenvalue weighted by Crippen LogP contribution is -3.00. The van der Waals surface area contributed by atoms with Gasteiger partial charge in [0.15, 0.2) is 0 Å². The fourth-order valence-corrected chi connectivity index (χ4v) is 1.73. The Morgan fingerprint density at radius 2 is 1.88 bits per heavy atom. The Balaban J connectivity index is 0.00000112. The van der Waals surface area contributed by atoms with Gasteiger partial charge in [0.1, 0.15) is 5.75 Å². The van der Waals surface area contributed by atoms with Crippen molar-refractivity contribution in [2.45, 2.75) is 0 Å². The second kappa shape index (κ2) is 7.60. The van der Waals surface area contributed by atoms with Crippen molar-refractivity contribution in [1.82, 2.24) is 5.32 Å². The van der Waals surface area contributed by atoms with E-state index in [1.807, 2.05) is 12.1 Å². The van der Waals surface area contributed by atoms with E-state index in [-0.39, 0.29) is 24.8 Å². The van der Waals surface area contributed by atoms with Gasteiger partial charge in [0.05, 0.1) is 7.11 Å². The molecule has 0 atom stereocenters. The van der Waals surface area contributed by atoms with E-state index in [0.717, 1.165) is 31.9 Å². The van der Waals surface area contributed by atoms with E-state index in [9.17, 15) is 0 Å². The first kappa shape index (κ1) is 15.4. The second-order valence-electron chi connectivity index (χ2n) is 3.44. The molecule has 5 heteroatoms. The third-order valence-electron chi connectivity index (χ3n) is 2.54. The van der Waals surface area contributed by atoms with E-state index in [1.54, 1.807) is 7.11 Å². The Morgan fingerprint density at radius 1 is 1.19 bits per heavy atom. The summed E-state index contributed by atoms with van der Waals surface area (Å²) in [4.78, 5) is 2.37. The maximum absolute atomic E-state index is 5.20. The predicted octanol–water partition coefficient (Wildman–Crippen LogP) is -4.89. The van der Waals surface area contributed by atoms with Crippen LogP contribution in [0, 0.1) is 0 Å². The molecule has 0 aromatic heterocycles. The van der Waals surface area contributed by atoms with Crippen molar-refractivity contribution in [3.05, 3.63) is 24.3 Å². The molecule has 1 heterocycles. The average Bonchev–Trinajstić information content (AvgIpc) is 2.30. The minimum atomic E-state index is 0. The molecule has 0 radical (unpaired) electrons. The molecular weight excluding hydrogens is 247 g/mol. The zero-order chi connectivity index (χ0) is 9.80. The maximum atomic E-state index is 5.20. The first-order valence-electron chi connectivity index (χ1n) is 5.00. The third-order valence-corrected chi connectivity index (χ3v) is 2.54. The van der Waals surface area contributed by atoms with Gasteiger partial charge in [-0.25, -0.2) is 0 Å². The van der Waals surface area contributed by atoms with Crippen LogP contribution in [-0.2, 0) is 0 Å². The summed E-state index contributed by atoms with van der Waals surface area (Å²) in [6.07, 6.45) is 0. The summed E-state index contributed by atoms with van der Waals surface area (Å²) in [5.41, 5.74) is 1.26. The van der Waals surface area contributed by atoms with Crippen molar-refractivity contribution in [2.75, 3.05) is 38.2 Å². The summed E-state index contributed by atoms with van der Waals surface area (Å²) in [6, 6.07) is 8.24. The van der Waals surface area contributed by atoms with Crippen molar-refractivity contribution < 1.29 is 29.6 Å². The molecule has 92 valence electrons. The second-order valence-corrected chi connectivity index (χ2v) is 3.44. The Hall–Kier alpha value is -0.640. The minimum Gasteiger partial charge on any atom is -1.00 e. The van der Waals surface area contributed by atoms with Crippen molar-refractivity contribution >= 4 is 5.69 Å². The number of ether oxygens (including phenoxy) is 1. The summed E-state index contributed by atoms with van der Waals surface area (Å²) in [7, 11) is 1.71. The highest BCUT2D eigenvalue weighted by molar-refractivity contribution is 5.51. The number of nitrogens with zero attached hydrogens (tertiary/aromatic N) is 1.